The van der Waals surface area contributed by atoms with E-state index in [1.54, 1.807) is 40.0 Å². The van der Waals surface area contributed by atoms with Crippen molar-refractivity contribution in [1.82, 2.24) is 45.2 Å². The van der Waals surface area contributed by atoms with E-state index in [1.165, 1.54) is 11.0 Å². The zero-order valence-electron chi connectivity index (χ0n) is 39.4. The van der Waals surface area contributed by atoms with Crippen LogP contribution in [0, 0.1) is 24.0 Å². The summed E-state index contributed by atoms with van der Waals surface area (Å²) >= 11 is 0. The number of benzene rings is 3. The molecule has 2 N–H and O–H groups in total. The molecule has 0 radical (unpaired) electrons. The van der Waals surface area contributed by atoms with Gasteiger partial charge < -0.3 is 24.6 Å². The maximum Gasteiger partial charge on any atom is 0.409 e. The van der Waals surface area contributed by atoms with Gasteiger partial charge in [0.15, 0.2) is 11.6 Å². The molecule has 6 aliphatic heterocycles. The first-order valence-corrected chi connectivity index (χ1v) is 24.5. The second kappa shape index (κ2) is 17.6. The number of halogens is 2. The Morgan fingerprint density at radius 1 is 0.986 bits per heavy atom. The number of aryl methyl sites for hydroxylation is 1. The molecule has 6 fully saturated rings. The molecule has 9 heterocycles. The van der Waals surface area contributed by atoms with E-state index < -0.39 is 23.2 Å². The van der Waals surface area contributed by atoms with Gasteiger partial charge in [0.2, 0.25) is 5.91 Å². The Bertz CT molecular complexity index is 3250. The molecule has 16 nitrogen and oxygen atoms in total. The number of urea groups is 1. The molecular formula is C53H53F2N11O5. The summed E-state index contributed by atoms with van der Waals surface area (Å²) in [6.07, 6.45) is 13.1. The zero-order valence-corrected chi connectivity index (χ0v) is 39.4. The van der Waals surface area contributed by atoms with Crippen LogP contribution in [-0.4, -0.2) is 129 Å². The smallest absolute Gasteiger partial charge is 0.409 e. The molecule has 6 saturated heterocycles. The molecule has 3 aromatic carbocycles. The van der Waals surface area contributed by atoms with E-state index in [9.17, 15) is 14.4 Å². The molecule has 4 amide bonds. The minimum Gasteiger partial charge on any atom is -0.461 e. The van der Waals surface area contributed by atoms with Gasteiger partial charge in [-0.05, 0) is 80.0 Å². The largest absolute Gasteiger partial charge is 0.461 e. The highest BCUT2D eigenvalue weighted by Crippen LogP contribution is 2.45. The first-order chi connectivity index (χ1) is 34.4. The van der Waals surface area contributed by atoms with Crippen molar-refractivity contribution in [2.24, 2.45) is 7.05 Å². The number of hydrogen-bond donors (Lipinski definition) is 2. The number of fused-ring (bicyclic) bond motifs is 6. The molecular weight excluding hydrogens is 909 g/mol. The van der Waals surface area contributed by atoms with E-state index >= 15 is 8.78 Å². The number of carbonyl (C=O) groups excluding carboxylic acids is 3. The van der Waals surface area contributed by atoms with Gasteiger partial charge in [-0.15, -0.1) is 6.42 Å². The molecule has 0 spiro atoms. The Labute approximate surface area is 408 Å². The van der Waals surface area contributed by atoms with Gasteiger partial charge in [0.05, 0.1) is 22.0 Å². The lowest BCUT2D eigenvalue weighted by Gasteiger charge is -2.35. The summed E-state index contributed by atoms with van der Waals surface area (Å²) in [6, 6.07) is 14.4. The van der Waals surface area contributed by atoms with Crippen LogP contribution in [0.5, 0.6) is 6.01 Å². The van der Waals surface area contributed by atoms with Gasteiger partial charge in [-0.2, -0.15) is 15.1 Å². The monoisotopic (exact) mass is 961 g/mol. The number of amides is 4. The third kappa shape index (κ3) is 7.86. The number of likely N-dealkylation sites (tertiary alicyclic amines) is 1. The molecule has 6 aliphatic rings. The molecule has 4 unspecified atom stereocenters. The topological polar surface area (TPSA) is 163 Å². The summed E-state index contributed by atoms with van der Waals surface area (Å²) in [7, 11) is 1.85. The number of ether oxygens (including phenoxy) is 2. The second-order valence-corrected chi connectivity index (χ2v) is 20.1. The van der Waals surface area contributed by atoms with E-state index in [4.69, 9.17) is 25.9 Å². The van der Waals surface area contributed by atoms with Crippen LogP contribution in [0.2, 0.25) is 0 Å². The van der Waals surface area contributed by atoms with Gasteiger partial charge >= 0.3 is 18.1 Å². The van der Waals surface area contributed by atoms with E-state index in [0.29, 0.717) is 72.5 Å². The summed E-state index contributed by atoms with van der Waals surface area (Å²) in [5, 5.41) is 13.0. The average Bonchev–Trinajstić information content (AvgIpc) is 4.10. The van der Waals surface area contributed by atoms with Crippen molar-refractivity contribution >= 4 is 62.2 Å². The predicted octanol–water partition coefficient (Wildman–Crippen LogP) is 6.94. The highest BCUT2D eigenvalue weighted by Gasteiger charge is 2.52. The van der Waals surface area contributed by atoms with E-state index in [-0.39, 0.29) is 85.0 Å². The number of aromatic nitrogens is 5. The fourth-order valence-electron chi connectivity index (χ4n) is 12.3. The van der Waals surface area contributed by atoms with Gasteiger partial charge in [0.1, 0.15) is 36.1 Å². The van der Waals surface area contributed by atoms with Gasteiger partial charge in [-0.3, -0.25) is 29.6 Å². The van der Waals surface area contributed by atoms with E-state index in [2.05, 4.69) is 55.1 Å². The summed E-state index contributed by atoms with van der Waals surface area (Å²) < 4.78 is 46.7. The molecule has 0 saturated carbocycles. The minimum absolute atomic E-state index is 0.000308. The van der Waals surface area contributed by atoms with Crippen molar-refractivity contribution in [2.45, 2.75) is 80.9 Å². The average molecular weight is 962 g/mol. The van der Waals surface area contributed by atoms with E-state index in [0.717, 1.165) is 60.6 Å². The van der Waals surface area contributed by atoms with Gasteiger partial charge in [0.25, 0.3) is 0 Å². The first kappa shape index (κ1) is 44.9. The van der Waals surface area contributed by atoms with Crippen molar-refractivity contribution in [3.63, 3.8) is 0 Å². The zero-order chi connectivity index (χ0) is 48.7. The lowest BCUT2D eigenvalue weighted by atomic mass is 9.89. The van der Waals surface area contributed by atoms with Crippen molar-refractivity contribution in [3.05, 3.63) is 89.6 Å². The Balaban J connectivity index is 0.738. The first-order valence-electron chi connectivity index (χ1n) is 24.5. The quantitative estimate of drug-likeness (QED) is 0.114. The number of piperazine rings is 1. The molecule has 364 valence electrons. The van der Waals surface area contributed by atoms with Crippen LogP contribution in [-0.2, 0) is 16.6 Å². The summed E-state index contributed by atoms with van der Waals surface area (Å²) in [5.41, 5.74) is 3.09. The SMILES string of the molecule is C#Cc1c(F)ccc2cccc(-c3ncc4c(N5CC6CCC(C5)N6)nc(OCC56CCC(COC(=O)N7CCC(c8ccc9c(N%10CCC(=O)NC%10=O)nn(C)c9c8)CC7)N5CC(=C)C6)nc4c3F)c12. The number of rotatable bonds is 9. The molecule has 4 atom stereocenters. The maximum atomic E-state index is 17.2. The third-order valence-electron chi connectivity index (χ3n) is 15.8. The van der Waals surface area contributed by atoms with Crippen LogP contribution < -0.4 is 25.2 Å². The Hall–Kier alpha value is -7.23. The van der Waals surface area contributed by atoms with Crippen molar-refractivity contribution in [1.29, 1.82) is 0 Å². The van der Waals surface area contributed by atoms with Gasteiger partial charge in [-0.1, -0.05) is 48.4 Å². The van der Waals surface area contributed by atoms with Crippen molar-refractivity contribution in [2.75, 3.05) is 62.3 Å². The van der Waals surface area contributed by atoms with Gasteiger partial charge in [0, 0.05) is 93.4 Å². The summed E-state index contributed by atoms with van der Waals surface area (Å²) in [6.45, 7) is 8.19. The van der Waals surface area contributed by atoms with Crippen molar-refractivity contribution in [3.8, 4) is 29.6 Å². The lowest BCUT2D eigenvalue weighted by molar-refractivity contribution is -0.120. The Kier molecular flexibility index (Phi) is 11.1. The predicted molar refractivity (Wildman–Crippen MR) is 263 cm³/mol. The number of piperidine rings is 1. The number of hydrogen-bond acceptors (Lipinski definition) is 12. The third-order valence-corrected chi connectivity index (χ3v) is 15.8. The highest BCUT2D eigenvalue weighted by molar-refractivity contribution is 6.09. The number of terminal acetylenes is 1. The molecule has 6 aromatic rings. The number of nitrogens with one attached hydrogen (secondary N) is 2. The summed E-state index contributed by atoms with van der Waals surface area (Å²) in [5.74, 6) is 2.22. The number of carbonyl (C=O) groups is 3. The number of nitrogens with zero attached hydrogens (tertiary/aromatic N) is 9. The Morgan fingerprint density at radius 3 is 2.59 bits per heavy atom. The van der Waals surface area contributed by atoms with Crippen LogP contribution >= 0.6 is 0 Å². The maximum absolute atomic E-state index is 17.2. The van der Waals surface area contributed by atoms with Crippen LogP contribution in [0.25, 0.3) is 43.8 Å². The normalized spacial score (nSPS) is 23.8. The molecule has 18 heteroatoms. The van der Waals surface area contributed by atoms with Gasteiger partial charge in [-0.25, -0.2) is 18.4 Å². The second-order valence-electron chi connectivity index (χ2n) is 20.1. The fourth-order valence-corrected chi connectivity index (χ4v) is 12.3. The van der Waals surface area contributed by atoms with Crippen LogP contribution in [0.1, 0.15) is 68.4 Å². The number of imide groups is 1. The standard InChI is InChI=1S/C53H53F2N11O5/c1-4-37-41(54)13-9-32-6-5-7-39(44(32)37)46-45(55)47-40(24-56-46)48(64-26-34-10-11-35(27-64)57-34)60-50(59-47)71-29-53-18-14-36(66(53)25-30(2)23-53)28-70-52(69)63-19-15-31(16-20-63)33-8-12-38-42(22-33)62(3)61-49(38)65-21-17-43(67)58-51(65)68/h1,5-9,12-13,22,24,31,34-36,57H,2,10-11,14-21,23,25-29H2,3H3,(H,58,67,68). The van der Waals surface area contributed by atoms with Crippen LogP contribution in [0.15, 0.2) is 66.9 Å². The molecule has 12 rings (SSSR count). The number of anilines is 2. The molecule has 0 aliphatic carbocycles. The highest BCUT2D eigenvalue weighted by atomic mass is 19.1. The Morgan fingerprint density at radius 2 is 1.80 bits per heavy atom. The van der Waals surface area contributed by atoms with Crippen molar-refractivity contribution < 1.29 is 32.6 Å². The van der Waals surface area contributed by atoms with Crippen LogP contribution in [0.3, 0.4) is 0 Å². The number of pyridine rings is 1. The molecule has 3 aromatic heterocycles. The molecule has 71 heavy (non-hydrogen) atoms. The molecule has 2 bridgehead atoms. The minimum atomic E-state index is -0.679. The summed E-state index contributed by atoms with van der Waals surface area (Å²) in [4.78, 5) is 60.1. The lowest BCUT2D eigenvalue weighted by Crippen LogP contribution is -2.51. The van der Waals surface area contributed by atoms with Crippen LogP contribution in [0.4, 0.5) is 30.0 Å². The fraction of sp³-hybridized carbons (Fsp3) is 0.415. The van der Waals surface area contributed by atoms with E-state index in [1.807, 2.05) is 13.1 Å².